The summed E-state index contributed by atoms with van der Waals surface area (Å²) in [5.74, 6) is 0. The van der Waals surface area contributed by atoms with Crippen molar-refractivity contribution >= 4 is 17.0 Å². The third-order valence-corrected chi connectivity index (χ3v) is 2.35. The fourth-order valence-electron chi connectivity index (χ4n) is 1.30. The van der Waals surface area contributed by atoms with Crippen LogP contribution in [-0.4, -0.2) is 17.5 Å². The highest BCUT2D eigenvalue weighted by molar-refractivity contribution is 8.12. The maximum Gasteiger partial charge on any atom is 0.278 e. The first-order valence-corrected chi connectivity index (χ1v) is 4.90. The van der Waals surface area contributed by atoms with E-state index < -0.39 is 0 Å². The molecule has 0 radical (unpaired) electrons. The van der Waals surface area contributed by atoms with E-state index in [4.69, 9.17) is 0 Å². The van der Waals surface area contributed by atoms with Crippen LogP contribution < -0.4 is 5.32 Å². The molecule has 3 heteroatoms. The van der Waals surface area contributed by atoms with Crippen LogP contribution in [0.4, 0.5) is 4.79 Å². The van der Waals surface area contributed by atoms with E-state index in [1.54, 1.807) is 0 Å². The third kappa shape index (κ3) is 2.21. The van der Waals surface area contributed by atoms with E-state index >= 15 is 0 Å². The van der Waals surface area contributed by atoms with Crippen molar-refractivity contribution < 1.29 is 4.79 Å². The molecule has 1 fully saturated rings. The fraction of sp³-hybridized carbons (Fsp3) is 0.857. The first-order chi connectivity index (χ1) is 4.83. The summed E-state index contributed by atoms with van der Waals surface area (Å²) in [4.78, 5) is 10.8. The summed E-state index contributed by atoms with van der Waals surface area (Å²) >= 11 is 1.26. The van der Waals surface area contributed by atoms with E-state index in [0.717, 1.165) is 0 Å². The summed E-state index contributed by atoms with van der Waals surface area (Å²) in [5, 5.41) is 3.07. The Bertz CT molecular complexity index is 121. The first-order valence-electron chi connectivity index (χ1n) is 3.67. The molecule has 1 amide bonds. The van der Waals surface area contributed by atoms with Crippen molar-refractivity contribution in [2.75, 3.05) is 6.26 Å². The van der Waals surface area contributed by atoms with Crippen LogP contribution in [0.15, 0.2) is 0 Å². The maximum atomic E-state index is 10.8. The molecule has 10 heavy (non-hydrogen) atoms. The van der Waals surface area contributed by atoms with Crippen molar-refractivity contribution in [2.45, 2.75) is 31.7 Å². The third-order valence-electron chi connectivity index (χ3n) is 1.86. The molecule has 0 bridgehead atoms. The molecule has 1 rings (SSSR count). The van der Waals surface area contributed by atoms with Gasteiger partial charge in [0, 0.05) is 6.04 Å². The van der Waals surface area contributed by atoms with Crippen LogP contribution in [0.25, 0.3) is 0 Å². The van der Waals surface area contributed by atoms with Gasteiger partial charge in [0.15, 0.2) is 0 Å². The monoisotopic (exact) mass is 159 g/mol. The van der Waals surface area contributed by atoms with Gasteiger partial charge in [0.25, 0.3) is 5.24 Å². The van der Waals surface area contributed by atoms with Crippen LogP contribution in [0.2, 0.25) is 0 Å². The molecule has 1 N–H and O–H groups in total. The highest BCUT2D eigenvalue weighted by atomic mass is 32.2. The standard InChI is InChI=1S/C7H13NOS/c1-10-7(9)8-6-4-2-3-5-6/h6H,2-5H2,1H3,(H,8,9). The van der Waals surface area contributed by atoms with Crippen molar-refractivity contribution in [3.63, 3.8) is 0 Å². The summed E-state index contributed by atoms with van der Waals surface area (Å²) < 4.78 is 0. The number of nitrogens with one attached hydrogen (secondary N) is 1. The minimum atomic E-state index is 0.118. The molecule has 1 saturated carbocycles. The molecule has 1 aliphatic carbocycles. The largest absolute Gasteiger partial charge is 0.344 e. The van der Waals surface area contributed by atoms with Crippen molar-refractivity contribution in [1.82, 2.24) is 5.32 Å². The SMILES string of the molecule is CSC(=O)NC1CCCC1. The highest BCUT2D eigenvalue weighted by Crippen LogP contribution is 2.18. The minimum absolute atomic E-state index is 0.118. The predicted octanol–water partition coefficient (Wildman–Crippen LogP) is 2.00. The lowest BCUT2D eigenvalue weighted by atomic mass is 10.3. The van der Waals surface area contributed by atoms with Crippen molar-refractivity contribution in [3.8, 4) is 0 Å². The Morgan fingerprint density at radius 2 is 2.10 bits per heavy atom. The zero-order valence-corrected chi connectivity index (χ0v) is 7.04. The van der Waals surface area contributed by atoms with Crippen molar-refractivity contribution in [3.05, 3.63) is 0 Å². The number of carbonyl (C=O) groups excluding carboxylic acids is 1. The molecule has 1 aliphatic rings. The van der Waals surface area contributed by atoms with Gasteiger partial charge in [-0.1, -0.05) is 24.6 Å². The number of thioether (sulfide) groups is 1. The van der Waals surface area contributed by atoms with E-state index in [-0.39, 0.29) is 5.24 Å². The Kier molecular flexibility index (Phi) is 3.06. The van der Waals surface area contributed by atoms with Gasteiger partial charge < -0.3 is 5.32 Å². The number of amides is 1. The van der Waals surface area contributed by atoms with Gasteiger partial charge in [-0.15, -0.1) is 0 Å². The summed E-state index contributed by atoms with van der Waals surface area (Å²) in [7, 11) is 0. The Balaban J connectivity index is 2.17. The second-order valence-corrected chi connectivity index (χ2v) is 3.40. The van der Waals surface area contributed by atoms with Gasteiger partial charge in [-0.05, 0) is 19.1 Å². The van der Waals surface area contributed by atoms with Crippen LogP contribution in [0.1, 0.15) is 25.7 Å². The molecule has 0 aromatic carbocycles. The normalized spacial score (nSPS) is 19.3. The van der Waals surface area contributed by atoms with E-state index in [2.05, 4.69) is 5.32 Å². The number of hydrogen-bond acceptors (Lipinski definition) is 2. The Hall–Kier alpha value is -0.180. The number of rotatable bonds is 1. The zero-order chi connectivity index (χ0) is 7.40. The lowest BCUT2D eigenvalue weighted by molar-refractivity contribution is 0.257. The highest BCUT2D eigenvalue weighted by Gasteiger charge is 2.15. The maximum absolute atomic E-state index is 10.8. The van der Waals surface area contributed by atoms with Gasteiger partial charge in [0.2, 0.25) is 0 Å². The molecular weight excluding hydrogens is 146 g/mol. The van der Waals surface area contributed by atoms with E-state index in [1.165, 1.54) is 37.4 Å². The lowest BCUT2D eigenvalue weighted by Gasteiger charge is -2.08. The summed E-state index contributed by atoms with van der Waals surface area (Å²) in [6, 6.07) is 0.472. The minimum Gasteiger partial charge on any atom is -0.344 e. The van der Waals surface area contributed by atoms with Crippen LogP contribution in [0.3, 0.4) is 0 Å². The van der Waals surface area contributed by atoms with Gasteiger partial charge in [-0.2, -0.15) is 0 Å². The van der Waals surface area contributed by atoms with E-state index in [1.807, 2.05) is 6.26 Å². The molecule has 0 unspecified atom stereocenters. The van der Waals surface area contributed by atoms with Crippen LogP contribution >= 0.6 is 11.8 Å². The van der Waals surface area contributed by atoms with Gasteiger partial charge in [-0.3, -0.25) is 4.79 Å². The van der Waals surface area contributed by atoms with Crippen molar-refractivity contribution in [1.29, 1.82) is 0 Å². The number of carbonyl (C=O) groups is 1. The van der Waals surface area contributed by atoms with Gasteiger partial charge >= 0.3 is 0 Å². The quantitative estimate of drug-likeness (QED) is 0.634. The summed E-state index contributed by atoms with van der Waals surface area (Å²) in [5.41, 5.74) is 0. The molecule has 0 aromatic rings. The topological polar surface area (TPSA) is 29.1 Å². The second kappa shape index (κ2) is 3.86. The van der Waals surface area contributed by atoms with E-state index in [9.17, 15) is 4.79 Å². The number of hydrogen-bond donors (Lipinski definition) is 1. The van der Waals surface area contributed by atoms with Crippen LogP contribution in [0.5, 0.6) is 0 Å². The summed E-state index contributed by atoms with van der Waals surface area (Å²) in [6.45, 7) is 0. The second-order valence-electron chi connectivity index (χ2n) is 2.62. The zero-order valence-electron chi connectivity index (χ0n) is 6.22. The average Bonchev–Trinajstić information content (AvgIpc) is 2.40. The molecule has 0 aromatic heterocycles. The van der Waals surface area contributed by atoms with Gasteiger partial charge in [0.1, 0.15) is 0 Å². The molecule has 0 aliphatic heterocycles. The first kappa shape index (κ1) is 7.92. The molecule has 58 valence electrons. The van der Waals surface area contributed by atoms with Gasteiger partial charge in [-0.25, -0.2) is 0 Å². The van der Waals surface area contributed by atoms with Gasteiger partial charge in [0.05, 0.1) is 0 Å². The van der Waals surface area contributed by atoms with Crippen molar-refractivity contribution in [2.24, 2.45) is 0 Å². The van der Waals surface area contributed by atoms with Crippen LogP contribution in [0, 0.1) is 0 Å². The average molecular weight is 159 g/mol. The lowest BCUT2D eigenvalue weighted by Crippen LogP contribution is -2.29. The smallest absolute Gasteiger partial charge is 0.278 e. The molecule has 0 heterocycles. The Labute approximate surface area is 65.8 Å². The molecule has 0 atom stereocenters. The predicted molar refractivity (Wildman–Crippen MR) is 44.3 cm³/mol. The molecular formula is C7H13NOS. The molecule has 0 saturated heterocycles. The Morgan fingerprint density at radius 3 is 2.60 bits per heavy atom. The van der Waals surface area contributed by atoms with E-state index in [0.29, 0.717) is 6.04 Å². The Morgan fingerprint density at radius 1 is 1.50 bits per heavy atom. The molecule has 0 spiro atoms. The van der Waals surface area contributed by atoms with Crippen LogP contribution in [-0.2, 0) is 0 Å². The fourth-order valence-corrected chi connectivity index (χ4v) is 1.58. The molecule has 2 nitrogen and oxygen atoms in total. The summed E-state index contributed by atoms with van der Waals surface area (Å²) in [6.07, 6.45) is 6.71.